The molecule has 5 nitrogen and oxygen atoms in total. The minimum atomic E-state index is -0.183. The fourth-order valence-corrected chi connectivity index (χ4v) is 3.00. The molecule has 0 radical (unpaired) electrons. The molecular formula is C17H35N3O2. The van der Waals surface area contributed by atoms with Crippen molar-refractivity contribution in [2.24, 2.45) is 21.6 Å². The summed E-state index contributed by atoms with van der Waals surface area (Å²) in [5.41, 5.74) is 5.93. The SMILES string of the molecule is CCCC(C)(C)CC(C)(C)COC(=O)CCN(C)C(N)=NC. The number of hydrogen-bond acceptors (Lipinski definition) is 3. The number of carbonyl (C=O) groups is 1. The molecule has 0 aliphatic heterocycles. The van der Waals surface area contributed by atoms with Crippen molar-refractivity contribution in [3.05, 3.63) is 0 Å². The zero-order valence-corrected chi connectivity index (χ0v) is 15.5. The molecule has 0 aliphatic rings. The molecule has 0 aliphatic carbocycles. The van der Waals surface area contributed by atoms with Crippen molar-refractivity contribution in [3.63, 3.8) is 0 Å². The third-order valence-electron chi connectivity index (χ3n) is 3.78. The summed E-state index contributed by atoms with van der Waals surface area (Å²) in [6, 6.07) is 0. The first-order chi connectivity index (χ1) is 10.0. The molecule has 5 heteroatoms. The van der Waals surface area contributed by atoms with Crippen LogP contribution in [0, 0.1) is 10.8 Å². The zero-order valence-electron chi connectivity index (χ0n) is 15.5. The van der Waals surface area contributed by atoms with Crippen LogP contribution in [0.25, 0.3) is 0 Å². The lowest BCUT2D eigenvalue weighted by atomic mass is 9.73. The molecule has 0 heterocycles. The highest BCUT2D eigenvalue weighted by atomic mass is 16.5. The molecule has 0 saturated heterocycles. The number of nitrogens with zero attached hydrogens (tertiary/aromatic N) is 2. The van der Waals surface area contributed by atoms with Gasteiger partial charge in [-0.1, -0.05) is 41.0 Å². The molecule has 0 fully saturated rings. The quantitative estimate of drug-likeness (QED) is 0.403. The average Bonchev–Trinajstić information content (AvgIpc) is 2.40. The smallest absolute Gasteiger partial charge is 0.307 e. The second-order valence-electron chi connectivity index (χ2n) is 7.67. The van der Waals surface area contributed by atoms with Gasteiger partial charge >= 0.3 is 5.97 Å². The molecule has 0 aromatic heterocycles. The summed E-state index contributed by atoms with van der Waals surface area (Å²) in [4.78, 5) is 17.5. The predicted molar refractivity (Wildman–Crippen MR) is 92.8 cm³/mol. The zero-order chi connectivity index (χ0) is 17.4. The highest BCUT2D eigenvalue weighted by Gasteiger charge is 2.29. The lowest BCUT2D eigenvalue weighted by Crippen LogP contribution is -2.36. The van der Waals surface area contributed by atoms with Crippen LogP contribution in [0.15, 0.2) is 4.99 Å². The molecule has 0 spiro atoms. The largest absolute Gasteiger partial charge is 0.465 e. The molecule has 130 valence electrons. The van der Waals surface area contributed by atoms with Crippen molar-refractivity contribution in [1.29, 1.82) is 0 Å². The monoisotopic (exact) mass is 313 g/mol. The van der Waals surface area contributed by atoms with E-state index in [1.165, 1.54) is 12.8 Å². The average molecular weight is 313 g/mol. The van der Waals surface area contributed by atoms with Crippen LogP contribution in [-0.4, -0.2) is 44.1 Å². The third kappa shape index (κ3) is 8.90. The van der Waals surface area contributed by atoms with Crippen molar-refractivity contribution in [2.45, 2.75) is 60.3 Å². The van der Waals surface area contributed by atoms with E-state index in [4.69, 9.17) is 10.5 Å². The van der Waals surface area contributed by atoms with Gasteiger partial charge in [-0.3, -0.25) is 9.79 Å². The van der Waals surface area contributed by atoms with Gasteiger partial charge in [-0.25, -0.2) is 0 Å². The van der Waals surface area contributed by atoms with Crippen molar-refractivity contribution in [1.82, 2.24) is 4.90 Å². The van der Waals surface area contributed by atoms with E-state index in [1.54, 1.807) is 11.9 Å². The van der Waals surface area contributed by atoms with Crippen LogP contribution >= 0.6 is 0 Å². The van der Waals surface area contributed by atoms with Gasteiger partial charge in [-0.05, 0) is 23.7 Å². The van der Waals surface area contributed by atoms with E-state index in [9.17, 15) is 4.79 Å². The fourth-order valence-electron chi connectivity index (χ4n) is 3.00. The Hall–Kier alpha value is -1.26. The van der Waals surface area contributed by atoms with Crippen molar-refractivity contribution in [3.8, 4) is 0 Å². The fraction of sp³-hybridized carbons (Fsp3) is 0.882. The van der Waals surface area contributed by atoms with E-state index < -0.39 is 0 Å². The summed E-state index contributed by atoms with van der Waals surface area (Å²) >= 11 is 0. The van der Waals surface area contributed by atoms with Crippen LogP contribution in [0.5, 0.6) is 0 Å². The Kier molecular flexibility index (Phi) is 8.49. The maximum Gasteiger partial charge on any atom is 0.307 e. The Morgan fingerprint density at radius 3 is 2.32 bits per heavy atom. The number of aliphatic imine (C=N–C) groups is 1. The topological polar surface area (TPSA) is 67.9 Å². The Morgan fingerprint density at radius 2 is 1.82 bits per heavy atom. The number of hydrogen-bond donors (Lipinski definition) is 1. The van der Waals surface area contributed by atoms with Crippen LogP contribution in [0.4, 0.5) is 0 Å². The van der Waals surface area contributed by atoms with Crippen LogP contribution in [0.3, 0.4) is 0 Å². The summed E-state index contributed by atoms with van der Waals surface area (Å²) in [5.74, 6) is 0.242. The van der Waals surface area contributed by atoms with Crippen molar-refractivity contribution in [2.75, 3.05) is 27.2 Å². The van der Waals surface area contributed by atoms with Gasteiger partial charge in [0.1, 0.15) is 0 Å². The molecule has 0 saturated carbocycles. The second-order valence-corrected chi connectivity index (χ2v) is 7.67. The number of carbonyl (C=O) groups excluding carboxylic acids is 1. The van der Waals surface area contributed by atoms with Gasteiger partial charge in [-0.15, -0.1) is 0 Å². The van der Waals surface area contributed by atoms with Crippen molar-refractivity contribution < 1.29 is 9.53 Å². The van der Waals surface area contributed by atoms with Gasteiger partial charge in [-0.2, -0.15) is 0 Å². The lowest BCUT2D eigenvalue weighted by Gasteiger charge is -2.34. The number of guanidine groups is 1. The summed E-state index contributed by atoms with van der Waals surface area (Å²) in [6.07, 6.45) is 3.72. The number of esters is 1. The van der Waals surface area contributed by atoms with Crippen LogP contribution in [0.2, 0.25) is 0 Å². The molecule has 0 aromatic carbocycles. The minimum absolute atomic E-state index is 0.00979. The van der Waals surface area contributed by atoms with Crippen LogP contribution in [-0.2, 0) is 9.53 Å². The molecule has 0 unspecified atom stereocenters. The first-order valence-electron chi connectivity index (χ1n) is 8.12. The first kappa shape index (κ1) is 20.7. The van der Waals surface area contributed by atoms with Gasteiger partial charge in [0.15, 0.2) is 5.96 Å². The maximum absolute atomic E-state index is 11.9. The molecule has 0 amide bonds. The van der Waals surface area contributed by atoms with Gasteiger partial charge in [0.05, 0.1) is 13.0 Å². The van der Waals surface area contributed by atoms with E-state index in [0.29, 0.717) is 25.5 Å². The van der Waals surface area contributed by atoms with E-state index >= 15 is 0 Å². The van der Waals surface area contributed by atoms with E-state index in [1.807, 2.05) is 7.05 Å². The van der Waals surface area contributed by atoms with E-state index in [0.717, 1.165) is 6.42 Å². The Balaban J connectivity index is 4.22. The van der Waals surface area contributed by atoms with E-state index in [-0.39, 0.29) is 16.8 Å². The van der Waals surface area contributed by atoms with Crippen LogP contribution in [0.1, 0.15) is 60.3 Å². The molecule has 0 rings (SSSR count). The van der Waals surface area contributed by atoms with Crippen molar-refractivity contribution >= 4 is 11.9 Å². The Morgan fingerprint density at radius 1 is 1.23 bits per heavy atom. The Bertz CT molecular complexity index is 376. The summed E-state index contributed by atoms with van der Waals surface area (Å²) in [6.45, 7) is 12.1. The standard InChI is InChI=1S/C17H35N3O2/c1-8-10-16(2,3)12-17(4,5)13-22-14(21)9-11-20(7)15(18)19-6/h8-13H2,1-7H3,(H2,18,19). The summed E-state index contributed by atoms with van der Waals surface area (Å²) < 4.78 is 5.45. The predicted octanol–water partition coefficient (Wildman–Crippen LogP) is 3.04. The van der Waals surface area contributed by atoms with Gasteiger partial charge < -0.3 is 15.4 Å². The summed E-state index contributed by atoms with van der Waals surface area (Å²) in [7, 11) is 3.44. The first-order valence-corrected chi connectivity index (χ1v) is 8.12. The maximum atomic E-state index is 11.9. The van der Waals surface area contributed by atoms with Gasteiger partial charge in [0.2, 0.25) is 0 Å². The van der Waals surface area contributed by atoms with E-state index in [2.05, 4.69) is 39.6 Å². The molecule has 0 aromatic rings. The lowest BCUT2D eigenvalue weighted by molar-refractivity contribution is -0.147. The number of rotatable bonds is 9. The molecule has 0 atom stereocenters. The molecule has 22 heavy (non-hydrogen) atoms. The second kappa shape index (κ2) is 9.01. The molecular weight excluding hydrogens is 278 g/mol. The molecule has 2 N–H and O–H groups in total. The normalized spacial score (nSPS) is 13.1. The molecule has 0 bridgehead atoms. The number of ether oxygens (including phenoxy) is 1. The summed E-state index contributed by atoms with van der Waals surface area (Å²) in [5, 5.41) is 0. The minimum Gasteiger partial charge on any atom is -0.465 e. The Labute approximate surface area is 136 Å². The third-order valence-corrected chi connectivity index (χ3v) is 3.78. The van der Waals surface area contributed by atoms with Crippen LogP contribution < -0.4 is 5.73 Å². The highest BCUT2D eigenvalue weighted by molar-refractivity contribution is 5.78. The number of nitrogens with two attached hydrogens (primary N) is 1. The van der Waals surface area contributed by atoms with Gasteiger partial charge in [0, 0.05) is 20.6 Å². The van der Waals surface area contributed by atoms with Gasteiger partial charge in [0.25, 0.3) is 0 Å². The highest BCUT2D eigenvalue weighted by Crippen LogP contribution is 2.37.